The van der Waals surface area contributed by atoms with Crippen LogP contribution in [0, 0.1) is 11.7 Å². The van der Waals surface area contributed by atoms with E-state index in [-0.39, 0.29) is 17.9 Å². The number of halogens is 3. The smallest absolute Gasteiger partial charge is 0.326 e. The first-order valence-corrected chi connectivity index (χ1v) is 13.4. The summed E-state index contributed by atoms with van der Waals surface area (Å²) < 4.78 is 24.7. The maximum atomic E-state index is 13.4. The first kappa shape index (κ1) is 27.2. The summed E-state index contributed by atoms with van der Waals surface area (Å²) in [7, 11) is 1.44. The predicted molar refractivity (Wildman–Crippen MR) is 141 cm³/mol. The third kappa shape index (κ3) is 6.71. The molecule has 0 N–H and O–H groups in total. The number of benzene rings is 2. The van der Waals surface area contributed by atoms with E-state index in [1.54, 1.807) is 24.3 Å². The number of piperidine rings is 2. The van der Waals surface area contributed by atoms with Gasteiger partial charge in [-0.25, -0.2) is 4.39 Å². The molecule has 0 amide bonds. The molecule has 0 saturated carbocycles. The molecule has 2 fully saturated rings. The van der Waals surface area contributed by atoms with Crippen LogP contribution >= 0.6 is 23.2 Å². The van der Waals surface area contributed by atoms with Crippen LogP contribution in [0.2, 0.25) is 10.0 Å². The Morgan fingerprint density at radius 3 is 2.28 bits per heavy atom. The molecule has 1 unspecified atom stereocenters. The second-order valence-corrected chi connectivity index (χ2v) is 11.0. The number of likely N-dealkylation sites (tertiary alicyclic amines) is 2. The fourth-order valence-electron chi connectivity index (χ4n) is 5.46. The van der Waals surface area contributed by atoms with E-state index in [2.05, 4.69) is 9.80 Å². The molecule has 196 valence electrons. The van der Waals surface area contributed by atoms with Gasteiger partial charge >= 0.3 is 5.97 Å². The fraction of sp³-hybridized carbons (Fsp3) is 0.536. The van der Waals surface area contributed by atoms with Gasteiger partial charge < -0.3 is 14.4 Å². The second kappa shape index (κ2) is 12.1. The normalized spacial score (nSPS) is 20.1. The zero-order valence-electron chi connectivity index (χ0n) is 21.0. The van der Waals surface area contributed by atoms with Crippen molar-refractivity contribution in [2.75, 3.05) is 39.8 Å². The number of ether oxygens (including phenoxy) is 2. The third-order valence-electron chi connectivity index (χ3n) is 7.64. The molecule has 2 aromatic rings. The van der Waals surface area contributed by atoms with Crippen molar-refractivity contribution in [1.82, 2.24) is 9.80 Å². The zero-order valence-corrected chi connectivity index (χ0v) is 22.5. The molecule has 2 saturated heterocycles. The van der Waals surface area contributed by atoms with Gasteiger partial charge in [-0.1, -0.05) is 35.3 Å². The van der Waals surface area contributed by atoms with Crippen LogP contribution in [0.3, 0.4) is 0 Å². The minimum absolute atomic E-state index is 0.188. The first-order valence-electron chi connectivity index (χ1n) is 12.7. The Bertz CT molecular complexity index is 1020. The van der Waals surface area contributed by atoms with Crippen LogP contribution in [0.25, 0.3) is 0 Å². The Balaban J connectivity index is 1.25. The number of esters is 1. The molecule has 2 aliphatic rings. The van der Waals surface area contributed by atoms with E-state index >= 15 is 0 Å². The van der Waals surface area contributed by atoms with Crippen LogP contribution in [0.1, 0.15) is 38.2 Å². The Morgan fingerprint density at radius 1 is 1.00 bits per heavy atom. The summed E-state index contributed by atoms with van der Waals surface area (Å²) in [4.78, 5) is 17.6. The second-order valence-electron chi connectivity index (χ2n) is 10.2. The van der Waals surface area contributed by atoms with Gasteiger partial charge in [-0.3, -0.25) is 9.69 Å². The van der Waals surface area contributed by atoms with Gasteiger partial charge in [-0.15, -0.1) is 0 Å². The van der Waals surface area contributed by atoms with Crippen LogP contribution in [0.4, 0.5) is 4.39 Å². The first-order chi connectivity index (χ1) is 17.3. The highest BCUT2D eigenvalue weighted by atomic mass is 35.5. The molecule has 0 radical (unpaired) electrons. The van der Waals surface area contributed by atoms with Crippen molar-refractivity contribution in [2.45, 2.75) is 50.7 Å². The van der Waals surface area contributed by atoms with Crippen LogP contribution in [0.15, 0.2) is 42.5 Å². The molecule has 36 heavy (non-hydrogen) atoms. The van der Waals surface area contributed by atoms with Crippen molar-refractivity contribution in [3.8, 4) is 5.75 Å². The molecule has 5 nitrogen and oxygen atoms in total. The predicted octanol–water partition coefficient (Wildman–Crippen LogP) is 5.86. The van der Waals surface area contributed by atoms with Crippen LogP contribution in [-0.2, 0) is 16.0 Å². The number of carbonyl (C=O) groups excluding carboxylic acids is 1. The van der Waals surface area contributed by atoms with Crippen LogP contribution < -0.4 is 4.74 Å². The number of hydrogen-bond acceptors (Lipinski definition) is 5. The summed E-state index contributed by atoms with van der Waals surface area (Å²) in [6.07, 6.45) is 4.73. The minimum atomic E-state index is -0.766. The van der Waals surface area contributed by atoms with Gasteiger partial charge in [0.25, 0.3) is 0 Å². The van der Waals surface area contributed by atoms with Crippen molar-refractivity contribution in [3.05, 3.63) is 63.9 Å². The number of nitrogens with zero attached hydrogens (tertiary/aromatic N) is 2. The Kier molecular flexibility index (Phi) is 9.15. The zero-order chi connectivity index (χ0) is 25.7. The highest BCUT2D eigenvalue weighted by molar-refractivity contribution is 6.42. The van der Waals surface area contributed by atoms with E-state index in [0.29, 0.717) is 22.4 Å². The lowest BCUT2D eigenvalue weighted by atomic mass is 9.86. The molecule has 0 aromatic heterocycles. The van der Waals surface area contributed by atoms with Gasteiger partial charge in [0.05, 0.1) is 17.2 Å². The summed E-state index contributed by atoms with van der Waals surface area (Å²) in [6, 6.07) is 11.8. The van der Waals surface area contributed by atoms with Crippen LogP contribution in [0.5, 0.6) is 5.75 Å². The van der Waals surface area contributed by atoms with Crippen molar-refractivity contribution < 1.29 is 18.7 Å². The topological polar surface area (TPSA) is 42.0 Å². The largest absolute Gasteiger partial charge is 0.490 e. The van der Waals surface area contributed by atoms with E-state index in [1.807, 2.05) is 13.0 Å². The monoisotopic (exact) mass is 536 g/mol. The van der Waals surface area contributed by atoms with Crippen molar-refractivity contribution in [2.24, 2.45) is 5.92 Å². The molecule has 0 aliphatic carbocycles. The van der Waals surface area contributed by atoms with Gasteiger partial charge in [0.1, 0.15) is 23.2 Å². The van der Waals surface area contributed by atoms with Crippen molar-refractivity contribution in [3.63, 3.8) is 0 Å². The Morgan fingerprint density at radius 2 is 1.67 bits per heavy atom. The van der Waals surface area contributed by atoms with Crippen molar-refractivity contribution in [1.29, 1.82) is 0 Å². The average Bonchev–Trinajstić information content (AvgIpc) is 2.88. The lowest BCUT2D eigenvalue weighted by Crippen LogP contribution is -2.57. The number of carbonyl (C=O) groups is 1. The number of rotatable bonds is 8. The van der Waals surface area contributed by atoms with Gasteiger partial charge in [-0.2, -0.15) is 0 Å². The highest BCUT2D eigenvalue weighted by Gasteiger charge is 2.42. The maximum Gasteiger partial charge on any atom is 0.326 e. The van der Waals surface area contributed by atoms with E-state index in [4.69, 9.17) is 32.7 Å². The molecule has 2 aromatic carbocycles. The Labute approximate surface area is 223 Å². The summed E-state index contributed by atoms with van der Waals surface area (Å²) in [6.45, 7) is 6.72. The van der Waals surface area contributed by atoms with E-state index in [9.17, 15) is 9.18 Å². The van der Waals surface area contributed by atoms with Crippen LogP contribution in [-0.4, -0.2) is 67.2 Å². The standard InChI is InChI=1S/C28H35Cl2FN2O3/c1-28(27(34)35-2,18-20-3-5-22(31)6-4-20)33-15-9-21(10-16-33)19-32-13-11-23(12-14-32)36-24-7-8-25(29)26(30)17-24/h3-8,17,21,23H,9-16,18-19H2,1-2H3. The fourth-order valence-corrected chi connectivity index (χ4v) is 5.75. The molecule has 8 heteroatoms. The minimum Gasteiger partial charge on any atom is -0.490 e. The van der Waals surface area contributed by atoms with Gasteiger partial charge in [0.2, 0.25) is 0 Å². The lowest BCUT2D eigenvalue weighted by Gasteiger charge is -2.44. The Hall–Kier alpha value is -1.86. The van der Waals surface area contributed by atoms with Gasteiger partial charge in [0, 0.05) is 32.1 Å². The molecule has 0 bridgehead atoms. The van der Waals surface area contributed by atoms with Crippen molar-refractivity contribution >= 4 is 29.2 Å². The average molecular weight is 538 g/mol. The molecular formula is C28H35Cl2FN2O3. The third-order valence-corrected chi connectivity index (χ3v) is 8.38. The quantitative estimate of drug-likeness (QED) is 0.395. The van der Waals surface area contributed by atoms with E-state index < -0.39 is 5.54 Å². The highest BCUT2D eigenvalue weighted by Crippen LogP contribution is 2.31. The van der Waals surface area contributed by atoms with Gasteiger partial charge in [-0.05, 0) is 81.4 Å². The summed E-state index contributed by atoms with van der Waals surface area (Å²) in [5.74, 6) is 0.852. The maximum absolute atomic E-state index is 13.4. The summed E-state index contributed by atoms with van der Waals surface area (Å²) >= 11 is 12.1. The molecule has 4 rings (SSSR count). The van der Waals surface area contributed by atoms with E-state index in [1.165, 1.54) is 19.2 Å². The molecule has 0 spiro atoms. The molecule has 2 heterocycles. The molecule has 1 atom stereocenters. The molecular weight excluding hydrogens is 502 g/mol. The molecule has 2 aliphatic heterocycles. The SMILES string of the molecule is COC(=O)C(C)(Cc1ccc(F)cc1)N1CCC(CN2CCC(Oc3ccc(Cl)c(Cl)c3)CC2)CC1. The number of methoxy groups -OCH3 is 1. The van der Waals surface area contributed by atoms with Gasteiger partial charge in [0.15, 0.2) is 0 Å². The van der Waals surface area contributed by atoms with E-state index in [0.717, 1.165) is 69.7 Å². The summed E-state index contributed by atoms with van der Waals surface area (Å²) in [5, 5.41) is 1.05. The number of hydrogen-bond donors (Lipinski definition) is 0. The lowest BCUT2D eigenvalue weighted by molar-refractivity contribution is -0.155. The summed E-state index contributed by atoms with van der Waals surface area (Å²) in [5.41, 5.74) is 0.162.